The van der Waals surface area contributed by atoms with Crippen LogP contribution in [0.2, 0.25) is 0 Å². The number of hydrogen-bond donors (Lipinski definition) is 0. The Kier molecular flexibility index (Phi) is 7.61. The molecule has 1 fully saturated rings. The molecule has 160 valence electrons. The number of esters is 2. The van der Waals surface area contributed by atoms with E-state index in [1.807, 2.05) is 12.1 Å². The molecule has 1 aliphatic rings. The molecule has 1 aliphatic carbocycles. The third kappa shape index (κ3) is 5.91. The van der Waals surface area contributed by atoms with Crippen molar-refractivity contribution in [3.63, 3.8) is 0 Å². The quantitative estimate of drug-likeness (QED) is 0.418. The molecular weight excluding hydrogens is 378 g/mol. The highest BCUT2D eigenvalue weighted by Crippen LogP contribution is 2.37. The minimum atomic E-state index is -0.595. The van der Waals surface area contributed by atoms with Crippen LogP contribution >= 0.6 is 0 Å². The van der Waals surface area contributed by atoms with Crippen molar-refractivity contribution in [2.75, 3.05) is 0 Å². The van der Waals surface area contributed by atoms with Crippen molar-refractivity contribution >= 4 is 11.9 Å². The molecule has 30 heavy (non-hydrogen) atoms. The molecule has 0 unspecified atom stereocenters. The van der Waals surface area contributed by atoms with E-state index in [1.165, 1.54) is 56.2 Å². The molecule has 1 aromatic carbocycles. The first-order valence-electron chi connectivity index (χ1n) is 11.0. The van der Waals surface area contributed by atoms with Gasteiger partial charge in [0.15, 0.2) is 0 Å². The van der Waals surface area contributed by atoms with Gasteiger partial charge in [-0.15, -0.1) is 0 Å². The maximum Gasteiger partial charge on any atom is 0.362 e. The number of pyridine rings is 1. The minimum absolute atomic E-state index is 0.0755. The summed E-state index contributed by atoms with van der Waals surface area (Å²) in [6.45, 7) is 5.78. The molecule has 0 saturated heterocycles. The van der Waals surface area contributed by atoms with Crippen LogP contribution in [0.4, 0.5) is 0 Å². The van der Waals surface area contributed by atoms with Crippen LogP contribution < -0.4 is 4.74 Å². The van der Waals surface area contributed by atoms with Crippen LogP contribution in [0, 0.1) is 5.92 Å². The Labute approximate surface area is 178 Å². The molecule has 0 bridgehead atoms. The van der Waals surface area contributed by atoms with Crippen molar-refractivity contribution in [2.24, 2.45) is 5.92 Å². The van der Waals surface area contributed by atoms with Crippen molar-refractivity contribution in [3.05, 3.63) is 59.4 Å². The van der Waals surface area contributed by atoms with Gasteiger partial charge >= 0.3 is 11.9 Å². The fourth-order valence-corrected chi connectivity index (χ4v) is 4.10. The zero-order valence-electron chi connectivity index (χ0n) is 18.1. The largest absolute Gasteiger partial charge is 0.458 e. The molecule has 1 heterocycles. The van der Waals surface area contributed by atoms with E-state index >= 15 is 0 Å². The number of ether oxygens (including phenoxy) is 2. The van der Waals surface area contributed by atoms with Gasteiger partial charge in [-0.2, -0.15) is 0 Å². The summed E-state index contributed by atoms with van der Waals surface area (Å²) in [5, 5.41) is 0. The van der Waals surface area contributed by atoms with Crippen LogP contribution in [0.5, 0.6) is 5.75 Å². The summed E-state index contributed by atoms with van der Waals surface area (Å²) in [5.41, 5.74) is 1.47. The second-order valence-corrected chi connectivity index (χ2v) is 8.33. The smallest absolute Gasteiger partial charge is 0.362 e. The molecule has 1 saturated carbocycles. The number of nitrogens with zero attached hydrogens (tertiary/aromatic N) is 1. The van der Waals surface area contributed by atoms with E-state index in [0.717, 1.165) is 5.92 Å². The predicted molar refractivity (Wildman–Crippen MR) is 116 cm³/mol. The zero-order valence-corrected chi connectivity index (χ0v) is 18.1. The van der Waals surface area contributed by atoms with Gasteiger partial charge in [-0.3, -0.25) is 0 Å². The Hall–Kier alpha value is -2.69. The third-order valence-electron chi connectivity index (χ3n) is 5.62. The topological polar surface area (TPSA) is 65.5 Å². The average molecular weight is 410 g/mol. The first-order chi connectivity index (χ1) is 14.5. The van der Waals surface area contributed by atoms with Crippen LogP contribution in [0.15, 0.2) is 42.5 Å². The molecule has 0 atom stereocenters. The van der Waals surface area contributed by atoms with Crippen LogP contribution in [-0.4, -0.2) is 23.0 Å². The summed E-state index contributed by atoms with van der Waals surface area (Å²) < 4.78 is 10.6. The van der Waals surface area contributed by atoms with Crippen molar-refractivity contribution in [1.29, 1.82) is 0 Å². The number of carbonyl (C=O) groups excluding carboxylic acids is 2. The van der Waals surface area contributed by atoms with E-state index in [0.29, 0.717) is 11.7 Å². The maximum absolute atomic E-state index is 12.5. The van der Waals surface area contributed by atoms with Crippen molar-refractivity contribution in [2.45, 2.75) is 71.3 Å². The van der Waals surface area contributed by atoms with E-state index in [4.69, 9.17) is 9.47 Å². The third-order valence-corrected chi connectivity index (χ3v) is 5.62. The summed E-state index contributed by atoms with van der Waals surface area (Å²) in [6, 6.07) is 12.4. The second-order valence-electron chi connectivity index (χ2n) is 8.33. The molecule has 2 aromatic rings. The number of rotatable bonds is 7. The first kappa shape index (κ1) is 22.0. The van der Waals surface area contributed by atoms with Gasteiger partial charge in [-0.25, -0.2) is 14.6 Å². The highest BCUT2D eigenvalue weighted by atomic mass is 16.5. The molecule has 0 N–H and O–H groups in total. The molecular formula is C25H31NO4. The Morgan fingerprint density at radius 1 is 0.967 bits per heavy atom. The van der Waals surface area contributed by atoms with E-state index in [9.17, 15) is 9.59 Å². The Bertz CT molecular complexity index is 852. The standard InChI is InChI=1S/C25H31NO4/c1-4-6-18-9-11-19(12-10-18)20-13-15-21(16-14-20)30-25(28)23-8-5-7-22(26-23)24(27)29-17(2)3/h5,7-8,13-19H,4,6,9-12H2,1-3H3. The number of hydrogen-bond acceptors (Lipinski definition) is 5. The van der Waals surface area contributed by atoms with E-state index in [2.05, 4.69) is 24.0 Å². The van der Waals surface area contributed by atoms with Gasteiger partial charge in [-0.05, 0) is 81.2 Å². The lowest BCUT2D eigenvalue weighted by atomic mass is 9.77. The van der Waals surface area contributed by atoms with Gasteiger partial charge in [0.2, 0.25) is 0 Å². The highest BCUT2D eigenvalue weighted by Gasteiger charge is 2.22. The fourth-order valence-electron chi connectivity index (χ4n) is 4.10. The van der Waals surface area contributed by atoms with Crippen LogP contribution in [-0.2, 0) is 4.74 Å². The molecule has 1 aromatic heterocycles. The van der Waals surface area contributed by atoms with Gasteiger partial charge < -0.3 is 9.47 Å². The van der Waals surface area contributed by atoms with Crippen molar-refractivity contribution < 1.29 is 19.1 Å². The normalized spacial score (nSPS) is 18.8. The van der Waals surface area contributed by atoms with E-state index in [-0.39, 0.29) is 17.5 Å². The SMILES string of the molecule is CCCC1CCC(c2ccc(OC(=O)c3cccc(C(=O)OC(C)C)n3)cc2)CC1. The number of benzene rings is 1. The molecule has 0 aliphatic heterocycles. The van der Waals surface area contributed by atoms with Crippen LogP contribution in [0.25, 0.3) is 0 Å². The van der Waals surface area contributed by atoms with Gasteiger partial charge in [0, 0.05) is 0 Å². The molecule has 0 spiro atoms. The summed E-state index contributed by atoms with van der Waals surface area (Å²) in [4.78, 5) is 28.5. The highest BCUT2D eigenvalue weighted by molar-refractivity contribution is 5.92. The van der Waals surface area contributed by atoms with Gasteiger partial charge in [0.25, 0.3) is 0 Å². The molecule has 5 nitrogen and oxygen atoms in total. The molecule has 3 rings (SSSR count). The van der Waals surface area contributed by atoms with Crippen LogP contribution in [0.1, 0.15) is 91.8 Å². The van der Waals surface area contributed by atoms with Gasteiger partial charge in [0.05, 0.1) is 6.10 Å². The zero-order chi connectivity index (χ0) is 21.5. The Morgan fingerprint density at radius 2 is 1.60 bits per heavy atom. The van der Waals surface area contributed by atoms with Gasteiger partial charge in [-0.1, -0.05) is 38.0 Å². The average Bonchev–Trinajstić information content (AvgIpc) is 2.75. The molecule has 0 amide bonds. The van der Waals surface area contributed by atoms with Crippen molar-refractivity contribution in [3.8, 4) is 5.75 Å². The lowest BCUT2D eigenvalue weighted by Gasteiger charge is -2.28. The predicted octanol–water partition coefficient (Wildman–Crippen LogP) is 5.94. The van der Waals surface area contributed by atoms with Gasteiger partial charge in [0.1, 0.15) is 17.1 Å². The van der Waals surface area contributed by atoms with Crippen LogP contribution in [0.3, 0.4) is 0 Å². The monoisotopic (exact) mass is 409 g/mol. The number of carbonyl (C=O) groups is 2. The molecule has 5 heteroatoms. The fraction of sp³-hybridized carbons (Fsp3) is 0.480. The maximum atomic E-state index is 12.5. The lowest BCUT2D eigenvalue weighted by molar-refractivity contribution is 0.0370. The summed E-state index contributed by atoms with van der Waals surface area (Å²) in [5.74, 6) is 0.792. The Balaban J connectivity index is 1.59. The number of aromatic nitrogens is 1. The van der Waals surface area contributed by atoms with E-state index < -0.39 is 11.9 Å². The minimum Gasteiger partial charge on any atom is -0.458 e. The second kappa shape index (κ2) is 10.4. The summed E-state index contributed by atoms with van der Waals surface area (Å²) in [7, 11) is 0. The van der Waals surface area contributed by atoms with Crippen molar-refractivity contribution in [1.82, 2.24) is 4.98 Å². The first-order valence-corrected chi connectivity index (χ1v) is 11.0. The summed E-state index contributed by atoms with van der Waals surface area (Å²) in [6.07, 6.45) is 7.42. The van der Waals surface area contributed by atoms with E-state index in [1.54, 1.807) is 19.9 Å². The molecule has 0 radical (unpaired) electrons. The summed E-state index contributed by atoms with van der Waals surface area (Å²) >= 11 is 0. The Morgan fingerprint density at radius 3 is 2.20 bits per heavy atom. The lowest BCUT2D eigenvalue weighted by Crippen LogP contribution is -2.16.